The van der Waals surface area contributed by atoms with E-state index in [1.807, 2.05) is 0 Å². The zero-order valence-corrected chi connectivity index (χ0v) is 13.4. The number of benzene rings is 1. The Morgan fingerprint density at radius 3 is 2.45 bits per heavy atom. The van der Waals surface area contributed by atoms with Gasteiger partial charge in [0, 0.05) is 18.0 Å². The predicted molar refractivity (Wildman–Crippen MR) is 85.0 cm³/mol. The molecule has 3 nitrogen and oxygen atoms in total. The summed E-state index contributed by atoms with van der Waals surface area (Å²) in [6, 6.07) is 8.47. The molecule has 0 saturated heterocycles. The molecule has 1 aliphatic carbocycles. The van der Waals surface area contributed by atoms with Gasteiger partial charge in [0.1, 0.15) is 0 Å². The summed E-state index contributed by atoms with van der Waals surface area (Å²) in [5.74, 6) is 0.569. The van der Waals surface area contributed by atoms with Gasteiger partial charge >= 0.3 is 0 Å². The molecule has 112 valence electrons. The minimum atomic E-state index is -2.96. The maximum atomic E-state index is 11.8. The molecule has 0 aromatic heterocycles. The van der Waals surface area contributed by atoms with E-state index >= 15 is 0 Å². The first-order valence-corrected chi connectivity index (χ1v) is 9.42. The molecule has 0 spiro atoms. The van der Waals surface area contributed by atoms with Gasteiger partial charge in [0.05, 0.1) is 5.25 Å². The lowest BCUT2D eigenvalue weighted by Crippen LogP contribution is -2.34. The molecule has 1 saturated carbocycles. The quantitative estimate of drug-likeness (QED) is 0.903. The van der Waals surface area contributed by atoms with Crippen molar-refractivity contribution in [3.05, 3.63) is 29.8 Å². The fraction of sp³-hybridized carbons (Fsp3) is 0.625. The van der Waals surface area contributed by atoms with Crippen LogP contribution in [0.5, 0.6) is 0 Å². The van der Waals surface area contributed by atoms with E-state index in [0.717, 1.165) is 31.4 Å². The molecule has 4 heteroatoms. The van der Waals surface area contributed by atoms with Crippen LogP contribution in [0.4, 0.5) is 5.69 Å². The third-order valence-electron chi connectivity index (χ3n) is 4.45. The maximum Gasteiger partial charge on any atom is 0.152 e. The number of anilines is 1. The standard InChI is InChI=1S/C16H25NO2S/c1-4-12(2)13-8-10-14(11-9-13)17-15-6-5-7-16(15)20(3,18)19/h8-12,15-17H,4-7H2,1-3H3. The van der Waals surface area contributed by atoms with Crippen molar-refractivity contribution in [3.63, 3.8) is 0 Å². The van der Waals surface area contributed by atoms with Crippen molar-refractivity contribution in [2.75, 3.05) is 11.6 Å². The SMILES string of the molecule is CCC(C)c1ccc(NC2CCCC2S(C)(=O)=O)cc1. The second kappa shape index (κ2) is 6.17. The maximum absolute atomic E-state index is 11.8. The van der Waals surface area contributed by atoms with Gasteiger partial charge in [-0.25, -0.2) is 8.42 Å². The van der Waals surface area contributed by atoms with Crippen LogP contribution in [0, 0.1) is 0 Å². The number of rotatable bonds is 5. The minimum Gasteiger partial charge on any atom is -0.381 e. The highest BCUT2D eigenvalue weighted by Gasteiger charge is 2.34. The second-order valence-electron chi connectivity index (χ2n) is 5.98. The molecule has 1 fully saturated rings. The normalized spacial score (nSPS) is 24.6. The van der Waals surface area contributed by atoms with Crippen molar-refractivity contribution in [1.29, 1.82) is 0 Å². The third kappa shape index (κ3) is 3.54. The largest absolute Gasteiger partial charge is 0.381 e. The molecule has 0 bridgehead atoms. The van der Waals surface area contributed by atoms with Gasteiger partial charge in [-0.1, -0.05) is 26.0 Å². The molecule has 20 heavy (non-hydrogen) atoms. The Labute approximate surface area is 122 Å². The van der Waals surface area contributed by atoms with E-state index in [2.05, 4.69) is 43.4 Å². The number of sulfone groups is 1. The fourth-order valence-corrected chi connectivity index (χ4v) is 4.36. The van der Waals surface area contributed by atoms with Gasteiger partial charge in [0.2, 0.25) is 0 Å². The van der Waals surface area contributed by atoms with Crippen LogP contribution in [-0.2, 0) is 9.84 Å². The first-order chi connectivity index (χ1) is 9.41. The summed E-state index contributed by atoms with van der Waals surface area (Å²) in [4.78, 5) is 0. The topological polar surface area (TPSA) is 46.2 Å². The summed E-state index contributed by atoms with van der Waals surface area (Å²) in [5.41, 5.74) is 2.36. The van der Waals surface area contributed by atoms with Gasteiger partial charge in [-0.3, -0.25) is 0 Å². The van der Waals surface area contributed by atoms with Crippen molar-refractivity contribution in [2.24, 2.45) is 0 Å². The summed E-state index contributed by atoms with van der Waals surface area (Å²) in [6.07, 6.45) is 5.18. The molecule has 0 amide bonds. The van der Waals surface area contributed by atoms with Gasteiger partial charge in [-0.2, -0.15) is 0 Å². The van der Waals surface area contributed by atoms with E-state index in [1.54, 1.807) is 0 Å². The molecule has 3 atom stereocenters. The van der Waals surface area contributed by atoms with Crippen molar-refractivity contribution in [3.8, 4) is 0 Å². The molecule has 1 aromatic rings. The molecular weight excluding hydrogens is 270 g/mol. The smallest absolute Gasteiger partial charge is 0.152 e. The monoisotopic (exact) mass is 295 g/mol. The van der Waals surface area contributed by atoms with Gasteiger partial charge < -0.3 is 5.32 Å². The van der Waals surface area contributed by atoms with Gasteiger partial charge in [0.25, 0.3) is 0 Å². The Balaban J connectivity index is 2.06. The summed E-state index contributed by atoms with van der Waals surface area (Å²) in [5, 5.41) is 3.16. The van der Waals surface area contributed by atoms with E-state index in [1.165, 1.54) is 11.8 Å². The summed E-state index contributed by atoms with van der Waals surface area (Å²) >= 11 is 0. The fourth-order valence-electron chi connectivity index (χ4n) is 2.96. The van der Waals surface area contributed by atoms with Crippen LogP contribution in [-0.4, -0.2) is 26.0 Å². The van der Waals surface area contributed by atoms with E-state index in [4.69, 9.17) is 0 Å². The van der Waals surface area contributed by atoms with Crippen molar-refractivity contribution in [2.45, 2.75) is 56.7 Å². The molecule has 1 N–H and O–H groups in total. The number of nitrogens with one attached hydrogen (secondary N) is 1. The highest BCUT2D eigenvalue weighted by molar-refractivity contribution is 7.91. The van der Waals surface area contributed by atoms with Crippen molar-refractivity contribution in [1.82, 2.24) is 0 Å². The number of hydrogen-bond acceptors (Lipinski definition) is 3. The molecule has 0 aliphatic heterocycles. The van der Waals surface area contributed by atoms with Gasteiger partial charge in [0.15, 0.2) is 9.84 Å². The van der Waals surface area contributed by atoms with E-state index < -0.39 is 9.84 Å². The van der Waals surface area contributed by atoms with Crippen LogP contribution in [0.2, 0.25) is 0 Å². The Morgan fingerprint density at radius 2 is 1.90 bits per heavy atom. The second-order valence-corrected chi connectivity index (χ2v) is 8.25. The molecule has 1 aliphatic rings. The molecule has 0 heterocycles. The lowest BCUT2D eigenvalue weighted by molar-refractivity contribution is 0.579. The molecule has 1 aromatic carbocycles. The van der Waals surface area contributed by atoms with Crippen molar-refractivity contribution >= 4 is 15.5 Å². The zero-order chi connectivity index (χ0) is 14.8. The van der Waals surface area contributed by atoms with Gasteiger partial charge in [-0.05, 0) is 49.3 Å². The zero-order valence-electron chi connectivity index (χ0n) is 12.6. The predicted octanol–water partition coefficient (Wildman–Crippen LogP) is 3.58. The van der Waals surface area contributed by atoms with Crippen LogP contribution in [0.15, 0.2) is 24.3 Å². The Kier molecular flexibility index (Phi) is 4.74. The Hall–Kier alpha value is -1.03. The first kappa shape index (κ1) is 15.4. The summed E-state index contributed by atoms with van der Waals surface area (Å²) in [6.45, 7) is 4.41. The average Bonchev–Trinajstić information content (AvgIpc) is 2.87. The average molecular weight is 295 g/mol. The van der Waals surface area contributed by atoms with Gasteiger partial charge in [-0.15, -0.1) is 0 Å². The Bertz CT molecular complexity index is 536. The summed E-state index contributed by atoms with van der Waals surface area (Å²) < 4.78 is 23.6. The first-order valence-electron chi connectivity index (χ1n) is 7.47. The van der Waals surface area contributed by atoms with Crippen molar-refractivity contribution < 1.29 is 8.42 Å². The highest BCUT2D eigenvalue weighted by atomic mass is 32.2. The minimum absolute atomic E-state index is 0.0550. The van der Waals surface area contributed by atoms with Crippen LogP contribution in [0.25, 0.3) is 0 Å². The van der Waals surface area contributed by atoms with Crippen LogP contribution in [0.3, 0.4) is 0 Å². The highest BCUT2D eigenvalue weighted by Crippen LogP contribution is 2.28. The Morgan fingerprint density at radius 1 is 1.25 bits per heavy atom. The number of hydrogen-bond donors (Lipinski definition) is 1. The molecule has 0 radical (unpaired) electrons. The molecule has 2 rings (SSSR count). The molecule has 3 unspecified atom stereocenters. The third-order valence-corrected chi connectivity index (χ3v) is 6.11. The van der Waals surface area contributed by atoms with E-state index in [-0.39, 0.29) is 11.3 Å². The lowest BCUT2D eigenvalue weighted by Gasteiger charge is -2.21. The van der Waals surface area contributed by atoms with E-state index in [9.17, 15) is 8.42 Å². The lowest BCUT2D eigenvalue weighted by atomic mass is 9.98. The van der Waals surface area contributed by atoms with Crippen LogP contribution >= 0.6 is 0 Å². The van der Waals surface area contributed by atoms with Crippen LogP contribution in [0.1, 0.15) is 51.0 Å². The van der Waals surface area contributed by atoms with E-state index in [0.29, 0.717) is 5.92 Å². The summed E-state index contributed by atoms with van der Waals surface area (Å²) in [7, 11) is -2.96. The molecular formula is C16H25NO2S. The van der Waals surface area contributed by atoms with Crippen LogP contribution < -0.4 is 5.32 Å².